The molecule has 3 rings (SSSR count). The van der Waals surface area contributed by atoms with E-state index in [1.54, 1.807) is 41.3 Å². The van der Waals surface area contributed by atoms with Gasteiger partial charge in [0.05, 0.1) is 0 Å². The predicted octanol–water partition coefficient (Wildman–Crippen LogP) is 3.20. The molecule has 0 radical (unpaired) electrons. The molecule has 2 aromatic carbocycles. The van der Waals surface area contributed by atoms with Crippen LogP contribution in [-0.4, -0.2) is 23.3 Å². The lowest BCUT2D eigenvalue weighted by Gasteiger charge is -2.22. The van der Waals surface area contributed by atoms with E-state index in [9.17, 15) is 14.0 Å². The monoisotopic (exact) mass is 326 g/mol. The van der Waals surface area contributed by atoms with E-state index in [1.807, 2.05) is 6.07 Å². The normalized spacial score (nSPS) is 13.4. The molecule has 4 nitrogen and oxygen atoms in total. The minimum absolute atomic E-state index is 0.303. The van der Waals surface area contributed by atoms with Gasteiger partial charge in [0, 0.05) is 18.8 Å². The minimum Gasteiger partial charge on any atom is -0.330 e. The van der Waals surface area contributed by atoms with Crippen molar-refractivity contribution in [1.29, 1.82) is 0 Å². The summed E-state index contributed by atoms with van der Waals surface area (Å²) in [6, 6.07) is 14.9. The largest absolute Gasteiger partial charge is 0.330 e. The van der Waals surface area contributed by atoms with Crippen LogP contribution in [-0.2, 0) is 16.1 Å². The van der Waals surface area contributed by atoms with E-state index in [-0.39, 0.29) is 5.82 Å². The number of para-hydroxylation sites is 1. The van der Waals surface area contributed by atoms with Crippen molar-refractivity contribution in [2.24, 2.45) is 5.92 Å². The summed E-state index contributed by atoms with van der Waals surface area (Å²) < 4.78 is 13.0. The van der Waals surface area contributed by atoms with Crippen LogP contribution >= 0.6 is 0 Å². The fraction of sp³-hybridized carbons (Fsp3) is 0.263. The van der Waals surface area contributed by atoms with Gasteiger partial charge >= 0.3 is 11.8 Å². The summed E-state index contributed by atoms with van der Waals surface area (Å²) >= 11 is 0. The first kappa shape index (κ1) is 16.2. The molecule has 124 valence electrons. The molecule has 1 aliphatic carbocycles. The molecule has 24 heavy (non-hydrogen) atoms. The topological polar surface area (TPSA) is 49.4 Å². The lowest BCUT2D eigenvalue weighted by molar-refractivity contribution is -0.143. The van der Waals surface area contributed by atoms with Crippen LogP contribution in [0.2, 0.25) is 0 Å². The third kappa shape index (κ3) is 4.41. The zero-order valence-corrected chi connectivity index (χ0v) is 13.2. The minimum atomic E-state index is -0.649. The van der Waals surface area contributed by atoms with Gasteiger partial charge in [0.15, 0.2) is 0 Å². The Morgan fingerprint density at radius 1 is 1.04 bits per heavy atom. The molecule has 1 N–H and O–H groups in total. The predicted molar refractivity (Wildman–Crippen MR) is 89.6 cm³/mol. The van der Waals surface area contributed by atoms with E-state index < -0.39 is 11.8 Å². The van der Waals surface area contributed by atoms with Gasteiger partial charge in [-0.2, -0.15) is 0 Å². The smallest absolute Gasteiger partial charge is 0.313 e. The second-order valence-corrected chi connectivity index (χ2v) is 6.08. The van der Waals surface area contributed by atoms with E-state index in [0.717, 1.165) is 18.4 Å². The van der Waals surface area contributed by atoms with Gasteiger partial charge in [-0.25, -0.2) is 4.39 Å². The number of carbonyl (C=O) groups is 2. The van der Waals surface area contributed by atoms with Gasteiger partial charge in [-0.15, -0.1) is 0 Å². The van der Waals surface area contributed by atoms with Crippen LogP contribution in [0.5, 0.6) is 0 Å². The summed E-state index contributed by atoms with van der Waals surface area (Å²) in [7, 11) is 0. The van der Waals surface area contributed by atoms with Gasteiger partial charge in [0.2, 0.25) is 0 Å². The van der Waals surface area contributed by atoms with Crippen LogP contribution in [0.15, 0.2) is 54.6 Å². The second kappa shape index (κ2) is 7.25. The van der Waals surface area contributed by atoms with Crippen molar-refractivity contribution in [2.45, 2.75) is 19.4 Å². The van der Waals surface area contributed by atoms with Crippen LogP contribution in [0, 0.1) is 11.7 Å². The Hall–Kier alpha value is -2.69. The number of carbonyl (C=O) groups excluding carboxylic acids is 2. The van der Waals surface area contributed by atoms with Crippen molar-refractivity contribution in [3.05, 3.63) is 66.0 Å². The first-order valence-corrected chi connectivity index (χ1v) is 8.01. The van der Waals surface area contributed by atoms with Crippen LogP contribution in [0.1, 0.15) is 18.4 Å². The zero-order valence-electron chi connectivity index (χ0n) is 13.2. The number of halogens is 1. The maximum absolute atomic E-state index is 13.0. The Balaban J connectivity index is 1.68. The Morgan fingerprint density at radius 3 is 2.33 bits per heavy atom. The summed E-state index contributed by atoms with van der Waals surface area (Å²) in [6.07, 6.45) is 2.15. The quantitative estimate of drug-likeness (QED) is 0.858. The summed E-state index contributed by atoms with van der Waals surface area (Å²) in [5.41, 5.74) is 1.39. The molecule has 1 fully saturated rings. The van der Waals surface area contributed by atoms with Gasteiger partial charge in [0.25, 0.3) is 0 Å². The second-order valence-electron chi connectivity index (χ2n) is 6.08. The summed E-state index contributed by atoms with van der Waals surface area (Å²) in [4.78, 5) is 26.3. The molecule has 0 spiro atoms. The number of rotatable bonds is 5. The standard InChI is InChI=1S/C19H19FN2O2/c20-16-10-8-15(9-11-16)13-22(12-14-6-7-14)19(24)18(23)21-17-4-2-1-3-5-17/h1-5,8-11,14H,6-7,12-13H2,(H,21,23). The van der Waals surface area contributed by atoms with Crippen LogP contribution in [0.3, 0.4) is 0 Å². The molecule has 0 unspecified atom stereocenters. The first-order valence-electron chi connectivity index (χ1n) is 8.01. The first-order chi connectivity index (χ1) is 11.6. The van der Waals surface area contributed by atoms with E-state index >= 15 is 0 Å². The van der Waals surface area contributed by atoms with Crippen LogP contribution in [0.25, 0.3) is 0 Å². The van der Waals surface area contributed by atoms with Crippen molar-refractivity contribution in [3.8, 4) is 0 Å². The number of benzene rings is 2. The Labute approximate surface area is 140 Å². The molecular weight excluding hydrogens is 307 g/mol. The van der Waals surface area contributed by atoms with Crippen molar-refractivity contribution < 1.29 is 14.0 Å². The molecule has 0 aromatic heterocycles. The molecule has 0 heterocycles. The van der Waals surface area contributed by atoms with Crippen molar-refractivity contribution in [3.63, 3.8) is 0 Å². The Kier molecular flexibility index (Phi) is 4.89. The highest BCUT2D eigenvalue weighted by Gasteiger charge is 2.29. The molecule has 0 bridgehead atoms. The average molecular weight is 326 g/mol. The Bertz CT molecular complexity index is 712. The third-order valence-corrected chi connectivity index (χ3v) is 3.98. The van der Waals surface area contributed by atoms with Crippen molar-refractivity contribution in [2.75, 3.05) is 11.9 Å². The third-order valence-electron chi connectivity index (χ3n) is 3.98. The molecule has 0 aliphatic heterocycles. The SMILES string of the molecule is O=C(Nc1ccccc1)C(=O)N(Cc1ccc(F)cc1)CC1CC1. The average Bonchev–Trinajstić information content (AvgIpc) is 3.40. The highest BCUT2D eigenvalue weighted by molar-refractivity contribution is 6.39. The van der Waals surface area contributed by atoms with Gasteiger partial charge < -0.3 is 10.2 Å². The van der Waals surface area contributed by atoms with Gasteiger partial charge in [-0.3, -0.25) is 9.59 Å². The molecule has 1 saturated carbocycles. The molecule has 0 atom stereocenters. The fourth-order valence-electron chi connectivity index (χ4n) is 2.49. The highest BCUT2D eigenvalue weighted by atomic mass is 19.1. The Morgan fingerprint density at radius 2 is 1.71 bits per heavy atom. The number of amides is 2. The number of anilines is 1. The zero-order chi connectivity index (χ0) is 16.9. The highest BCUT2D eigenvalue weighted by Crippen LogP contribution is 2.30. The molecule has 1 aliphatic rings. The number of nitrogens with one attached hydrogen (secondary N) is 1. The van der Waals surface area contributed by atoms with Gasteiger partial charge in [0.1, 0.15) is 5.82 Å². The number of hydrogen-bond donors (Lipinski definition) is 1. The lowest BCUT2D eigenvalue weighted by atomic mass is 10.2. The maximum atomic E-state index is 13.0. The molecule has 0 saturated heterocycles. The van der Waals surface area contributed by atoms with Crippen LogP contribution in [0.4, 0.5) is 10.1 Å². The maximum Gasteiger partial charge on any atom is 0.313 e. The van der Waals surface area contributed by atoms with Crippen LogP contribution < -0.4 is 5.32 Å². The van der Waals surface area contributed by atoms with E-state index in [1.165, 1.54) is 12.1 Å². The van der Waals surface area contributed by atoms with E-state index in [0.29, 0.717) is 24.7 Å². The number of hydrogen-bond acceptors (Lipinski definition) is 2. The molecule has 2 amide bonds. The van der Waals surface area contributed by atoms with Gasteiger partial charge in [-0.1, -0.05) is 30.3 Å². The van der Waals surface area contributed by atoms with E-state index in [4.69, 9.17) is 0 Å². The van der Waals surface area contributed by atoms with Gasteiger partial charge in [-0.05, 0) is 48.6 Å². The lowest BCUT2D eigenvalue weighted by Crippen LogP contribution is -2.40. The summed E-state index contributed by atoms with van der Waals surface area (Å²) in [5.74, 6) is -1.07. The van der Waals surface area contributed by atoms with E-state index in [2.05, 4.69) is 5.32 Å². The summed E-state index contributed by atoms with van der Waals surface area (Å²) in [6.45, 7) is 0.857. The van der Waals surface area contributed by atoms with Crippen molar-refractivity contribution >= 4 is 17.5 Å². The molecule has 2 aromatic rings. The molecule has 5 heteroatoms. The molecular formula is C19H19FN2O2. The number of nitrogens with zero attached hydrogens (tertiary/aromatic N) is 1. The fourth-order valence-corrected chi connectivity index (χ4v) is 2.49. The van der Waals surface area contributed by atoms with Crippen molar-refractivity contribution in [1.82, 2.24) is 4.90 Å². The summed E-state index contributed by atoms with van der Waals surface area (Å²) in [5, 5.41) is 2.62.